The average molecular weight is 258 g/mol. The van der Waals surface area contributed by atoms with Crippen LogP contribution >= 0.6 is 0 Å². The van der Waals surface area contributed by atoms with E-state index in [1.807, 2.05) is 16.9 Å². The molecule has 0 saturated heterocycles. The summed E-state index contributed by atoms with van der Waals surface area (Å²) in [6.07, 6.45) is 7.11. The van der Waals surface area contributed by atoms with E-state index in [1.165, 1.54) is 12.8 Å². The summed E-state index contributed by atoms with van der Waals surface area (Å²) in [5.74, 6) is 2.78. The van der Waals surface area contributed by atoms with Crippen molar-refractivity contribution in [2.24, 2.45) is 0 Å². The molecule has 3 N–H and O–H groups in total. The van der Waals surface area contributed by atoms with E-state index < -0.39 is 0 Å². The molecule has 0 radical (unpaired) electrons. The second-order valence-corrected chi connectivity index (χ2v) is 4.86. The van der Waals surface area contributed by atoms with Crippen molar-refractivity contribution in [2.45, 2.75) is 31.7 Å². The highest BCUT2D eigenvalue weighted by Gasteiger charge is 2.27. The van der Waals surface area contributed by atoms with Crippen LogP contribution in [-0.4, -0.2) is 26.3 Å². The molecule has 0 bridgehead atoms. The Hall–Kier alpha value is -2.11. The van der Waals surface area contributed by atoms with Gasteiger partial charge in [0.1, 0.15) is 17.5 Å². The molecule has 3 rings (SSSR count). The Balaban J connectivity index is 1.51. The SMILES string of the molecule is Nc1cc(NCCCn2cccn2)nc(C2CC2)n1. The van der Waals surface area contributed by atoms with Gasteiger partial charge in [-0.1, -0.05) is 0 Å². The summed E-state index contributed by atoms with van der Waals surface area (Å²) in [7, 11) is 0. The summed E-state index contributed by atoms with van der Waals surface area (Å²) in [6, 6.07) is 3.72. The fraction of sp³-hybridized carbons (Fsp3) is 0.462. The average Bonchev–Trinajstić information content (AvgIpc) is 3.12. The van der Waals surface area contributed by atoms with Crippen LogP contribution in [0.4, 0.5) is 11.6 Å². The molecule has 2 heterocycles. The number of hydrogen-bond donors (Lipinski definition) is 2. The van der Waals surface area contributed by atoms with Crippen LogP contribution in [0.1, 0.15) is 31.0 Å². The first kappa shape index (κ1) is 12.0. The van der Waals surface area contributed by atoms with Gasteiger partial charge < -0.3 is 11.1 Å². The van der Waals surface area contributed by atoms with Crippen LogP contribution in [0.15, 0.2) is 24.5 Å². The van der Waals surface area contributed by atoms with Gasteiger partial charge in [-0.15, -0.1) is 0 Å². The van der Waals surface area contributed by atoms with Crippen molar-refractivity contribution in [3.63, 3.8) is 0 Å². The normalized spacial score (nSPS) is 14.5. The van der Waals surface area contributed by atoms with Crippen molar-refractivity contribution < 1.29 is 0 Å². The minimum Gasteiger partial charge on any atom is -0.384 e. The van der Waals surface area contributed by atoms with E-state index in [2.05, 4.69) is 20.4 Å². The van der Waals surface area contributed by atoms with E-state index in [9.17, 15) is 0 Å². The van der Waals surface area contributed by atoms with E-state index in [0.717, 1.165) is 31.2 Å². The first-order valence-corrected chi connectivity index (χ1v) is 6.67. The van der Waals surface area contributed by atoms with Gasteiger partial charge in [-0.2, -0.15) is 5.10 Å². The van der Waals surface area contributed by atoms with Gasteiger partial charge in [0, 0.05) is 37.5 Å². The first-order valence-electron chi connectivity index (χ1n) is 6.67. The van der Waals surface area contributed by atoms with Crippen molar-refractivity contribution in [3.8, 4) is 0 Å². The number of nitrogens with one attached hydrogen (secondary N) is 1. The van der Waals surface area contributed by atoms with Crippen LogP contribution in [0.25, 0.3) is 0 Å². The summed E-state index contributed by atoms with van der Waals surface area (Å²) >= 11 is 0. The molecule has 0 unspecified atom stereocenters. The lowest BCUT2D eigenvalue weighted by atomic mass is 10.3. The summed E-state index contributed by atoms with van der Waals surface area (Å²) in [5.41, 5.74) is 5.80. The number of anilines is 2. The third-order valence-corrected chi connectivity index (χ3v) is 3.14. The maximum atomic E-state index is 5.80. The molecular weight excluding hydrogens is 240 g/mol. The molecule has 0 aromatic carbocycles. The minimum absolute atomic E-state index is 0.521. The Kier molecular flexibility index (Phi) is 3.31. The highest BCUT2D eigenvalue weighted by Crippen LogP contribution is 2.38. The van der Waals surface area contributed by atoms with Crippen LogP contribution < -0.4 is 11.1 Å². The zero-order chi connectivity index (χ0) is 13.1. The predicted molar refractivity (Wildman–Crippen MR) is 73.8 cm³/mol. The van der Waals surface area contributed by atoms with Crippen molar-refractivity contribution >= 4 is 11.6 Å². The summed E-state index contributed by atoms with van der Waals surface area (Å²) in [4.78, 5) is 8.78. The van der Waals surface area contributed by atoms with Crippen LogP contribution in [-0.2, 0) is 6.54 Å². The topological polar surface area (TPSA) is 81.6 Å². The smallest absolute Gasteiger partial charge is 0.136 e. The fourth-order valence-corrected chi connectivity index (χ4v) is 1.99. The fourth-order valence-electron chi connectivity index (χ4n) is 1.99. The number of aromatic nitrogens is 4. The van der Waals surface area contributed by atoms with Gasteiger partial charge in [-0.25, -0.2) is 9.97 Å². The number of hydrogen-bond acceptors (Lipinski definition) is 5. The lowest BCUT2D eigenvalue weighted by molar-refractivity contribution is 0.591. The van der Waals surface area contributed by atoms with Gasteiger partial charge in [0.15, 0.2) is 0 Å². The van der Waals surface area contributed by atoms with E-state index in [4.69, 9.17) is 5.73 Å². The Bertz CT molecular complexity index is 532. The van der Waals surface area contributed by atoms with Gasteiger partial charge in [-0.05, 0) is 25.3 Å². The van der Waals surface area contributed by atoms with E-state index in [0.29, 0.717) is 11.7 Å². The molecule has 1 fully saturated rings. The third kappa shape index (κ3) is 3.21. The summed E-state index contributed by atoms with van der Waals surface area (Å²) in [6.45, 7) is 1.75. The largest absolute Gasteiger partial charge is 0.384 e. The maximum Gasteiger partial charge on any atom is 0.136 e. The van der Waals surface area contributed by atoms with Gasteiger partial charge in [-0.3, -0.25) is 4.68 Å². The van der Waals surface area contributed by atoms with Crippen LogP contribution in [0.2, 0.25) is 0 Å². The van der Waals surface area contributed by atoms with Gasteiger partial charge in [0.2, 0.25) is 0 Å². The van der Waals surface area contributed by atoms with Gasteiger partial charge in [0.05, 0.1) is 0 Å². The molecule has 0 aliphatic heterocycles. The zero-order valence-electron chi connectivity index (χ0n) is 10.8. The molecule has 2 aromatic rings. The zero-order valence-corrected chi connectivity index (χ0v) is 10.8. The lowest BCUT2D eigenvalue weighted by Gasteiger charge is -2.08. The maximum absolute atomic E-state index is 5.80. The molecule has 0 amide bonds. The Labute approximate surface area is 112 Å². The van der Waals surface area contributed by atoms with Crippen molar-refractivity contribution in [1.82, 2.24) is 19.7 Å². The molecule has 1 aliphatic carbocycles. The molecule has 6 nitrogen and oxygen atoms in total. The van der Waals surface area contributed by atoms with Crippen LogP contribution in [0.3, 0.4) is 0 Å². The standard InChI is InChI=1S/C13H18N6/c14-11-9-12(18-13(17-11)10-3-4-10)15-5-1-7-19-8-2-6-16-19/h2,6,8-10H,1,3-5,7H2,(H3,14,15,17,18). The van der Waals surface area contributed by atoms with Crippen LogP contribution in [0, 0.1) is 0 Å². The molecule has 0 spiro atoms. The summed E-state index contributed by atoms with van der Waals surface area (Å²) < 4.78 is 1.92. The van der Waals surface area contributed by atoms with Crippen molar-refractivity contribution in [3.05, 3.63) is 30.4 Å². The number of nitrogen functional groups attached to an aromatic ring is 1. The Morgan fingerprint density at radius 1 is 1.37 bits per heavy atom. The van der Waals surface area contributed by atoms with E-state index in [1.54, 1.807) is 12.3 Å². The molecule has 1 aliphatic rings. The highest BCUT2D eigenvalue weighted by molar-refractivity contribution is 5.45. The number of rotatable bonds is 6. The highest BCUT2D eigenvalue weighted by atomic mass is 15.3. The van der Waals surface area contributed by atoms with Crippen molar-refractivity contribution in [2.75, 3.05) is 17.6 Å². The second kappa shape index (κ2) is 5.26. The number of nitrogens with zero attached hydrogens (tertiary/aromatic N) is 4. The molecule has 100 valence electrons. The monoisotopic (exact) mass is 258 g/mol. The van der Waals surface area contributed by atoms with E-state index in [-0.39, 0.29) is 0 Å². The molecule has 0 atom stereocenters. The minimum atomic E-state index is 0.521. The van der Waals surface area contributed by atoms with E-state index >= 15 is 0 Å². The molecular formula is C13H18N6. The quantitative estimate of drug-likeness (QED) is 0.770. The molecule has 2 aromatic heterocycles. The molecule has 19 heavy (non-hydrogen) atoms. The lowest BCUT2D eigenvalue weighted by Crippen LogP contribution is -2.10. The van der Waals surface area contributed by atoms with Gasteiger partial charge >= 0.3 is 0 Å². The molecule has 1 saturated carbocycles. The van der Waals surface area contributed by atoms with Gasteiger partial charge in [0.25, 0.3) is 0 Å². The van der Waals surface area contributed by atoms with Crippen LogP contribution in [0.5, 0.6) is 0 Å². The summed E-state index contributed by atoms with van der Waals surface area (Å²) in [5, 5.41) is 7.46. The molecule has 6 heteroatoms. The second-order valence-electron chi connectivity index (χ2n) is 4.86. The first-order chi connectivity index (χ1) is 9.31. The Morgan fingerprint density at radius 2 is 2.26 bits per heavy atom. The number of aryl methyl sites for hydroxylation is 1. The predicted octanol–water partition coefficient (Wildman–Crippen LogP) is 1.63. The third-order valence-electron chi connectivity index (χ3n) is 3.14. The van der Waals surface area contributed by atoms with Crippen molar-refractivity contribution in [1.29, 1.82) is 0 Å². The number of nitrogens with two attached hydrogens (primary N) is 1. The Morgan fingerprint density at radius 3 is 3.00 bits per heavy atom.